The second-order valence-electron chi connectivity index (χ2n) is 5.08. The lowest BCUT2D eigenvalue weighted by molar-refractivity contribution is 0.591. The number of imidazole rings is 1. The Hall–Kier alpha value is -1.58. The predicted molar refractivity (Wildman–Crippen MR) is 87.0 cm³/mol. The van der Waals surface area contributed by atoms with E-state index in [1.165, 1.54) is 5.56 Å². The molecule has 3 rings (SSSR count). The van der Waals surface area contributed by atoms with Crippen LogP contribution in [-0.2, 0) is 12.4 Å². The topological polar surface area (TPSA) is 30.7 Å². The zero-order valence-electron chi connectivity index (χ0n) is 11.6. The summed E-state index contributed by atoms with van der Waals surface area (Å²) in [6, 6.07) is 12.2. The third kappa shape index (κ3) is 2.89. The van der Waals surface area contributed by atoms with Gasteiger partial charge in [0.05, 0.1) is 10.9 Å². The molecule has 0 aliphatic heterocycles. The number of pyridine rings is 1. The average molecular weight is 320 g/mol. The molecule has 0 radical (unpaired) electrons. The molecule has 0 saturated carbocycles. The number of nitrogens with zero attached hydrogens (tertiary/aromatic N) is 3. The number of alkyl halides is 1. The molecule has 108 valence electrons. The number of rotatable bonds is 4. The number of hydrogen-bond acceptors (Lipinski definition) is 2. The number of benzene rings is 1. The van der Waals surface area contributed by atoms with Crippen molar-refractivity contribution in [3.05, 3.63) is 59.0 Å². The molecule has 1 aromatic carbocycles. The number of hydrogen-bond donors (Lipinski definition) is 0. The van der Waals surface area contributed by atoms with Gasteiger partial charge >= 0.3 is 0 Å². The first-order chi connectivity index (χ1) is 10.2. The second-order valence-corrected chi connectivity index (χ2v) is 5.78. The fourth-order valence-electron chi connectivity index (χ4n) is 2.49. The maximum Gasteiger partial charge on any atom is 0.160 e. The van der Waals surface area contributed by atoms with E-state index in [1.807, 2.05) is 12.1 Å². The van der Waals surface area contributed by atoms with Crippen LogP contribution in [0.3, 0.4) is 0 Å². The van der Waals surface area contributed by atoms with Crippen molar-refractivity contribution in [1.82, 2.24) is 14.5 Å². The Bertz CT molecular complexity index is 753. The van der Waals surface area contributed by atoms with Crippen LogP contribution >= 0.6 is 23.2 Å². The lowest BCUT2D eigenvalue weighted by Gasteiger charge is -2.14. The number of halogens is 2. The molecular weight excluding hydrogens is 305 g/mol. The molecule has 0 N–H and O–H groups in total. The Morgan fingerprint density at radius 1 is 1.24 bits per heavy atom. The van der Waals surface area contributed by atoms with Crippen LogP contribution in [0.1, 0.15) is 24.2 Å². The standard InChI is InChI=1S/C16H15Cl2N3/c1-11(12-5-3-2-4-6-12)10-21-15(8-17)20-14-7-13(18)9-19-16(14)21/h2-7,9,11H,8,10H2,1H3. The molecule has 3 nitrogen and oxygen atoms in total. The molecule has 0 amide bonds. The Balaban J connectivity index is 1.99. The second kappa shape index (κ2) is 6.04. The van der Waals surface area contributed by atoms with E-state index in [0.717, 1.165) is 23.5 Å². The van der Waals surface area contributed by atoms with Gasteiger partial charge in [-0.2, -0.15) is 0 Å². The largest absolute Gasteiger partial charge is 0.311 e. The molecule has 0 aliphatic carbocycles. The van der Waals surface area contributed by atoms with Gasteiger partial charge in [-0.3, -0.25) is 0 Å². The molecule has 0 spiro atoms. The average Bonchev–Trinajstić information content (AvgIpc) is 2.85. The third-order valence-electron chi connectivity index (χ3n) is 3.58. The highest BCUT2D eigenvalue weighted by atomic mass is 35.5. The van der Waals surface area contributed by atoms with Crippen molar-refractivity contribution in [2.24, 2.45) is 0 Å². The summed E-state index contributed by atoms with van der Waals surface area (Å²) in [4.78, 5) is 8.93. The minimum Gasteiger partial charge on any atom is -0.311 e. The van der Waals surface area contributed by atoms with Gasteiger partial charge in [0.2, 0.25) is 0 Å². The first-order valence-electron chi connectivity index (χ1n) is 6.80. The summed E-state index contributed by atoms with van der Waals surface area (Å²) in [6.07, 6.45) is 1.65. The van der Waals surface area contributed by atoms with Crippen LogP contribution in [0, 0.1) is 0 Å². The Morgan fingerprint density at radius 2 is 2.00 bits per heavy atom. The summed E-state index contributed by atoms with van der Waals surface area (Å²) >= 11 is 12.0. The minimum atomic E-state index is 0.350. The van der Waals surface area contributed by atoms with Crippen molar-refractivity contribution in [1.29, 1.82) is 0 Å². The molecule has 5 heteroatoms. The first kappa shape index (κ1) is 14.4. The molecule has 2 heterocycles. The van der Waals surface area contributed by atoms with Crippen LogP contribution in [0.25, 0.3) is 11.2 Å². The van der Waals surface area contributed by atoms with Gasteiger partial charge in [-0.15, -0.1) is 11.6 Å². The van der Waals surface area contributed by atoms with E-state index in [2.05, 4.69) is 45.7 Å². The zero-order valence-corrected chi connectivity index (χ0v) is 13.1. The summed E-state index contributed by atoms with van der Waals surface area (Å²) in [5.74, 6) is 1.53. The quantitative estimate of drug-likeness (QED) is 0.656. The van der Waals surface area contributed by atoms with Gasteiger partial charge in [-0.05, 0) is 17.5 Å². The van der Waals surface area contributed by atoms with E-state index >= 15 is 0 Å². The van der Waals surface area contributed by atoms with Gasteiger partial charge in [0.25, 0.3) is 0 Å². The molecule has 0 bridgehead atoms. The summed E-state index contributed by atoms with van der Waals surface area (Å²) in [6.45, 7) is 2.98. The van der Waals surface area contributed by atoms with Crippen molar-refractivity contribution in [3.8, 4) is 0 Å². The summed E-state index contributed by atoms with van der Waals surface area (Å²) in [5.41, 5.74) is 2.91. The molecule has 2 aromatic heterocycles. The molecular formula is C16H15Cl2N3. The van der Waals surface area contributed by atoms with Crippen LogP contribution in [0.2, 0.25) is 5.02 Å². The highest BCUT2D eigenvalue weighted by molar-refractivity contribution is 6.31. The van der Waals surface area contributed by atoms with Gasteiger partial charge in [-0.1, -0.05) is 48.9 Å². The van der Waals surface area contributed by atoms with Gasteiger partial charge < -0.3 is 4.57 Å². The van der Waals surface area contributed by atoms with Crippen LogP contribution < -0.4 is 0 Å². The Labute approximate surface area is 133 Å². The molecule has 0 fully saturated rings. The summed E-state index contributed by atoms with van der Waals surface area (Å²) < 4.78 is 2.08. The SMILES string of the molecule is CC(Cn1c(CCl)nc2cc(Cl)cnc21)c1ccccc1. The fraction of sp³-hybridized carbons (Fsp3) is 0.250. The number of aromatic nitrogens is 3. The highest BCUT2D eigenvalue weighted by Crippen LogP contribution is 2.23. The maximum absolute atomic E-state index is 6.03. The molecule has 1 atom stereocenters. The summed E-state index contributed by atoms with van der Waals surface area (Å²) in [7, 11) is 0. The van der Waals surface area contributed by atoms with Gasteiger partial charge in [0, 0.05) is 12.7 Å². The maximum atomic E-state index is 6.03. The lowest BCUT2D eigenvalue weighted by Crippen LogP contribution is -2.09. The van der Waals surface area contributed by atoms with Crippen LogP contribution in [0.15, 0.2) is 42.6 Å². The predicted octanol–water partition coefficient (Wildman–Crippen LogP) is 4.63. The lowest BCUT2D eigenvalue weighted by atomic mass is 10.0. The molecule has 3 aromatic rings. The van der Waals surface area contributed by atoms with E-state index in [4.69, 9.17) is 23.2 Å². The van der Waals surface area contributed by atoms with E-state index in [1.54, 1.807) is 6.20 Å². The Morgan fingerprint density at radius 3 is 2.71 bits per heavy atom. The van der Waals surface area contributed by atoms with Crippen LogP contribution in [0.5, 0.6) is 0 Å². The third-order valence-corrected chi connectivity index (χ3v) is 4.02. The van der Waals surface area contributed by atoms with Crippen molar-refractivity contribution < 1.29 is 0 Å². The van der Waals surface area contributed by atoms with Crippen molar-refractivity contribution in [2.75, 3.05) is 0 Å². The van der Waals surface area contributed by atoms with Crippen molar-refractivity contribution in [3.63, 3.8) is 0 Å². The molecule has 1 unspecified atom stereocenters. The van der Waals surface area contributed by atoms with Crippen LogP contribution in [0.4, 0.5) is 0 Å². The summed E-state index contributed by atoms with van der Waals surface area (Å²) in [5, 5.41) is 0.587. The smallest absolute Gasteiger partial charge is 0.160 e. The zero-order chi connectivity index (χ0) is 14.8. The van der Waals surface area contributed by atoms with Gasteiger partial charge in [0.15, 0.2) is 5.65 Å². The molecule has 0 aliphatic rings. The fourth-order valence-corrected chi connectivity index (χ4v) is 2.84. The van der Waals surface area contributed by atoms with Crippen molar-refractivity contribution in [2.45, 2.75) is 25.3 Å². The highest BCUT2D eigenvalue weighted by Gasteiger charge is 2.15. The van der Waals surface area contributed by atoms with Gasteiger partial charge in [-0.25, -0.2) is 9.97 Å². The van der Waals surface area contributed by atoms with Gasteiger partial charge in [0.1, 0.15) is 11.3 Å². The van der Waals surface area contributed by atoms with E-state index in [9.17, 15) is 0 Å². The van der Waals surface area contributed by atoms with Crippen molar-refractivity contribution >= 4 is 34.4 Å². The van der Waals surface area contributed by atoms with E-state index in [0.29, 0.717) is 16.8 Å². The van der Waals surface area contributed by atoms with E-state index < -0.39 is 0 Å². The first-order valence-corrected chi connectivity index (χ1v) is 7.72. The Kier molecular flexibility index (Phi) is 4.13. The minimum absolute atomic E-state index is 0.350. The monoisotopic (exact) mass is 319 g/mol. The van der Waals surface area contributed by atoms with Crippen LogP contribution in [-0.4, -0.2) is 14.5 Å². The number of fused-ring (bicyclic) bond motifs is 1. The molecule has 21 heavy (non-hydrogen) atoms. The van der Waals surface area contributed by atoms with E-state index in [-0.39, 0.29) is 0 Å². The normalized spacial score (nSPS) is 12.7. The molecule has 0 saturated heterocycles.